The minimum atomic E-state index is -0.683. The van der Waals surface area contributed by atoms with Crippen LogP contribution in [0.5, 0.6) is 0 Å². The molecule has 0 saturated carbocycles. The van der Waals surface area contributed by atoms with Gasteiger partial charge in [0, 0.05) is 5.39 Å². The average molecular weight is 331 g/mol. The van der Waals surface area contributed by atoms with Crippen molar-refractivity contribution in [1.82, 2.24) is 4.57 Å². The number of ketones is 2. The van der Waals surface area contributed by atoms with E-state index in [-0.39, 0.29) is 29.4 Å². The summed E-state index contributed by atoms with van der Waals surface area (Å²) in [5.41, 5.74) is 1.63. The maximum atomic E-state index is 12.7. The first-order chi connectivity index (χ1) is 12.2. The number of nitrogens with zero attached hydrogens (tertiary/aromatic N) is 1. The van der Waals surface area contributed by atoms with Gasteiger partial charge in [-0.05, 0) is 23.8 Å². The predicted molar refractivity (Wildman–Crippen MR) is 91.8 cm³/mol. The molecule has 0 radical (unpaired) electrons. The number of carbonyl (C=O) groups is 3. The molecule has 2 aromatic carbocycles. The number of allylic oxidation sites excluding steroid dienone is 2. The summed E-state index contributed by atoms with van der Waals surface area (Å²) in [6.45, 7) is 0.0823. The van der Waals surface area contributed by atoms with E-state index in [2.05, 4.69) is 0 Å². The molecule has 5 heteroatoms. The largest absolute Gasteiger partial charge is 0.444 e. The van der Waals surface area contributed by atoms with Crippen LogP contribution in [0, 0.1) is 0 Å². The van der Waals surface area contributed by atoms with Gasteiger partial charge in [0.2, 0.25) is 5.78 Å². The number of para-hydroxylation sites is 1. The molecule has 122 valence electrons. The lowest BCUT2D eigenvalue weighted by molar-refractivity contribution is 0.0985. The molecule has 1 aliphatic rings. The minimum Gasteiger partial charge on any atom is -0.444 e. The lowest BCUT2D eigenvalue weighted by Crippen LogP contribution is -2.21. The summed E-state index contributed by atoms with van der Waals surface area (Å²) in [6, 6.07) is 16.2. The molecule has 25 heavy (non-hydrogen) atoms. The number of hydrogen-bond donors (Lipinski definition) is 0. The highest BCUT2D eigenvalue weighted by atomic mass is 16.5. The molecule has 0 amide bonds. The fourth-order valence-corrected chi connectivity index (χ4v) is 3.01. The number of aromatic nitrogens is 1. The van der Waals surface area contributed by atoms with Gasteiger partial charge in [0.1, 0.15) is 12.3 Å². The van der Waals surface area contributed by atoms with Gasteiger partial charge in [-0.15, -0.1) is 0 Å². The molecule has 0 saturated heterocycles. The Morgan fingerprint density at radius 2 is 1.56 bits per heavy atom. The van der Waals surface area contributed by atoms with Gasteiger partial charge in [0.25, 0.3) is 0 Å². The van der Waals surface area contributed by atoms with Crippen molar-refractivity contribution in [1.29, 1.82) is 0 Å². The summed E-state index contributed by atoms with van der Waals surface area (Å²) in [7, 11) is 0. The average Bonchev–Trinajstić information content (AvgIpc) is 3.00. The smallest absolute Gasteiger partial charge is 0.419 e. The van der Waals surface area contributed by atoms with E-state index in [1.54, 1.807) is 24.3 Å². The van der Waals surface area contributed by atoms with E-state index in [1.165, 1.54) is 16.7 Å². The number of ether oxygens (including phenoxy) is 1. The predicted octanol–water partition coefficient (Wildman–Crippen LogP) is 3.76. The lowest BCUT2D eigenvalue weighted by atomic mass is 9.99. The van der Waals surface area contributed by atoms with Crippen LogP contribution in [0.3, 0.4) is 0 Å². The second kappa shape index (κ2) is 5.87. The number of carbonyl (C=O) groups excluding carboxylic acids is 3. The van der Waals surface area contributed by atoms with Gasteiger partial charge in [-0.3, -0.25) is 9.59 Å². The first kappa shape index (κ1) is 15.1. The van der Waals surface area contributed by atoms with Crippen LogP contribution in [0.15, 0.2) is 66.7 Å². The molecule has 4 rings (SSSR count). The molecule has 0 unspecified atom stereocenters. The van der Waals surface area contributed by atoms with Crippen LogP contribution < -0.4 is 0 Å². The van der Waals surface area contributed by atoms with Crippen molar-refractivity contribution >= 4 is 28.6 Å². The number of fused-ring (bicyclic) bond motifs is 3. The van der Waals surface area contributed by atoms with Crippen LogP contribution in [0.1, 0.15) is 26.4 Å². The van der Waals surface area contributed by atoms with Crippen molar-refractivity contribution < 1.29 is 19.1 Å². The number of benzene rings is 2. The number of rotatable bonds is 2. The van der Waals surface area contributed by atoms with E-state index < -0.39 is 6.09 Å². The highest BCUT2D eigenvalue weighted by molar-refractivity contribution is 6.28. The van der Waals surface area contributed by atoms with Crippen LogP contribution in [0.25, 0.3) is 10.9 Å². The Labute approximate surface area is 143 Å². The molecule has 0 spiro atoms. The van der Waals surface area contributed by atoms with Crippen molar-refractivity contribution in [2.75, 3.05) is 0 Å². The quantitative estimate of drug-likeness (QED) is 0.717. The van der Waals surface area contributed by atoms with Crippen molar-refractivity contribution in [3.63, 3.8) is 0 Å². The van der Waals surface area contributed by atoms with Gasteiger partial charge in [0.05, 0.1) is 11.1 Å². The molecule has 0 bridgehead atoms. The zero-order valence-electron chi connectivity index (χ0n) is 13.1. The van der Waals surface area contributed by atoms with Crippen LogP contribution >= 0.6 is 0 Å². The summed E-state index contributed by atoms with van der Waals surface area (Å²) in [4.78, 5) is 37.3. The van der Waals surface area contributed by atoms with Crippen molar-refractivity contribution in [2.24, 2.45) is 0 Å². The van der Waals surface area contributed by atoms with Crippen LogP contribution in [0.4, 0.5) is 4.79 Å². The van der Waals surface area contributed by atoms with Crippen molar-refractivity contribution in [3.8, 4) is 0 Å². The molecule has 1 aromatic heterocycles. The SMILES string of the molecule is O=C1C=CC(=O)c2c1c1ccccc1n2C(=O)OCc1ccccc1. The van der Waals surface area contributed by atoms with E-state index >= 15 is 0 Å². The molecular formula is C20H13NO4. The molecule has 0 N–H and O–H groups in total. The normalized spacial score (nSPS) is 13.1. The summed E-state index contributed by atoms with van der Waals surface area (Å²) in [6.07, 6.45) is 1.74. The molecule has 3 aromatic rings. The van der Waals surface area contributed by atoms with Crippen molar-refractivity contribution in [2.45, 2.75) is 6.61 Å². The molecular weight excluding hydrogens is 318 g/mol. The molecule has 0 fully saturated rings. The van der Waals surface area contributed by atoms with Gasteiger partial charge >= 0.3 is 6.09 Å². The third-order valence-electron chi connectivity index (χ3n) is 4.13. The standard InChI is InChI=1S/C20H13NO4/c22-16-10-11-17(23)19-18(16)14-8-4-5-9-15(14)21(19)20(24)25-12-13-6-2-1-3-7-13/h1-11H,12H2. The van der Waals surface area contributed by atoms with E-state index in [4.69, 9.17) is 4.74 Å². The maximum absolute atomic E-state index is 12.7. The second-order valence-corrected chi connectivity index (χ2v) is 5.68. The Balaban J connectivity index is 1.79. The van der Waals surface area contributed by atoms with Gasteiger partial charge in [-0.1, -0.05) is 48.5 Å². The minimum absolute atomic E-state index is 0.0618. The second-order valence-electron chi connectivity index (χ2n) is 5.68. The Kier molecular flexibility index (Phi) is 3.54. The van der Waals surface area contributed by atoms with Crippen molar-refractivity contribution in [3.05, 3.63) is 83.6 Å². The number of hydrogen-bond acceptors (Lipinski definition) is 4. The summed E-state index contributed by atoms with van der Waals surface area (Å²) in [5, 5.41) is 0.567. The van der Waals surface area contributed by atoms with E-state index in [0.29, 0.717) is 10.9 Å². The zero-order valence-corrected chi connectivity index (χ0v) is 13.1. The molecule has 1 aliphatic carbocycles. The van der Waals surface area contributed by atoms with Gasteiger partial charge in [-0.25, -0.2) is 9.36 Å². The third-order valence-corrected chi connectivity index (χ3v) is 4.13. The van der Waals surface area contributed by atoms with Crippen LogP contribution in [-0.4, -0.2) is 22.2 Å². The summed E-state index contributed by atoms with van der Waals surface area (Å²) >= 11 is 0. The highest BCUT2D eigenvalue weighted by Gasteiger charge is 2.31. The Hall–Kier alpha value is -3.47. The monoisotopic (exact) mass is 331 g/mol. The topological polar surface area (TPSA) is 65.4 Å². The van der Waals surface area contributed by atoms with Crippen LogP contribution in [0.2, 0.25) is 0 Å². The Bertz CT molecular complexity index is 1040. The molecule has 5 nitrogen and oxygen atoms in total. The molecule has 0 atom stereocenters. The first-order valence-corrected chi connectivity index (χ1v) is 7.78. The van der Waals surface area contributed by atoms with Crippen LogP contribution in [-0.2, 0) is 11.3 Å². The third kappa shape index (κ3) is 2.46. The Morgan fingerprint density at radius 1 is 0.880 bits per heavy atom. The zero-order chi connectivity index (χ0) is 17.4. The fourth-order valence-electron chi connectivity index (χ4n) is 3.01. The van der Waals surface area contributed by atoms with Gasteiger partial charge in [-0.2, -0.15) is 0 Å². The Morgan fingerprint density at radius 3 is 2.36 bits per heavy atom. The fraction of sp³-hybridized carbons (Fsp3) is 0.0500. The van der Waals surface area contributed by atoms with Gasteiger partial charge in [0.15, 0.2) is 5.78 Å². The van der Waals surface area contributed by atoms with E-state index in [0.717, 1.165) is 5.56 Å². The molecule has 1 heterocycles. The first-order valence-electron chi connectivity index (χ1n) is 7.78. The maximum Gasteiger partial charge on any atom is 0.419 e. The molecule has 0 aliphatic heterocycles. The highest BCUT2D eigenvalue weighted by Crippen LogP contribution is 2.30. The van der Waals surface area contributed by atoms with E-state index in [1.807, 2.05) is 30.3 Å². The lowest BCUT2D eigenvalue weighted by Gasteiger charge is -2.11. The van der Waals surface area contributed by atoms with E-state index in [9.17, 15) is 14.4 Å². The summed E-state index contributed by atoms with van der Waals surface area (Å²) < 4.78 is 6.56. The van der Waals surface area contributed by atoms with Gasteiger partial charge < -0.3 is 4.74 Å². The summed E-state index contributed by atoms with van der Waals surface area (Å²) in [5.74, 6) is -0.678.